The van der Waals surface area contributed by atoms with Gasteiger partial charge in [0.15, 0.2) is 5.69 Å². The van der Waals surface area contributed by atoms with E-state index < -0.39 is 24.0 Å². The molecule has 0 saturated carbocycles. The van der Waals surface area contributed by atoms with Crippen molar-refractivity contribution in [3.63, 3.8) is 0 Å². The number of hydrogen-bond donors (Lipinski definition) is 3. The molecule has 0 aromatic carbocycles. The number of nitrogens with two attached hydrogens (primary N) is 1. The Morgan fingerprint density at radius 1 is 1.53 bits per heavy atom. The molecule has 2 heterocycles. The van der Waals surface area contributed by atoms with Crippen LogP contribution in [0.5, 0.6) is 0 Å². The second kappa shape index (κ2) is 5.33. The van der Waals surface area contributed by atoms with E-state index >= 15 is 0 Å². The normalized spacial score (nSPS) is 22.7. The number of aliphatic carboxylic acids is 1. The van der Waals surface area contributed by atoms with Gasteiger partial charge >= 0.3 is 5.97 Å². The molecule has 19 heavy (non-hydrogen) atoms. The molecule has 1 fully saturated rings. The van der Waals surface area contributed by atoms with Crippen molar-refractivity contribution >= 4 is 11.9 Å². The van der Waals surface area contributed by atoms with Gasteiger partial charge < -0.3 is 20.8 Å². The van der Waals surface area contributed by atoms with Gasteiger partial charge in [0.2, 0.25) is 0 Å². The van der Waals surface area contributed by atoms with Gasteiger partial charge in [-0.3, -0.25) is 9.48 Å². The van der Waals surface area contributed by atoms with Crippen molar-refractivity contribution in [2.24, 2.45) is 5.73 Å². The van der Waals surface area contributed by atoms with Crippen LogP contribution in [0.3, 0.4) is 0 Å². The first-order valence-corrected chi connectivity index (χ1v) is 5.85. The van der Waals surface area contributed by atoms with E-state index in [0.717, 1.165) is 4.90 Å². The van der Waals surface area contributed by atoms with Crippen molar-refractivity contribution in [2.45, 2.75) is 25.1 Å². The smallest absolute Gasteiger partial charge is 0.326 e. The molecule has 9 nitrogen and oxygen atoms in total. The fraction of sp³-hybridized carbons (Fsp3) is 0.600. The van der Waals surface area contributed by atoms with Gasteiger partial charge in [0, 0.05) is 19.5 Å². The lowest BCUT2D eigenvalue weighted by molar-refractivity contribution is -0.141. The summed E-state index contributed by atoms with van der Waals surface area (Å²) < 4.78 is 1.41. The van der Waals surface area contributed by atoms with Crippen molar-refractivity contribution in [3.05, 3.63) is 11.9 Å². The SMILES string of the molecule is NCCn1cc(C(=O)N2CC(O)CC2C(=O)O)nn1. The molecule has 2 atom stereocenters. The van der Waals surface area contributed by atoms with Crippen LogP contribution < -0.4 is 5.73 Å². The van der Waals surface area contributed by atoms with E-state index in [0.29, 0.717) is 13.1 Å². The summed E-state index contributed by atoms with van der Waals surface area (Å²) in [6.07, 6.45) is 0.612. The van der Waals surface area contributed by atoms with Crippen molar-refractivity contribution in [2.75, 3.05) is 13.1 Å². The van der Waals surface area contributed by atoms with Crippen LogP contribution in [0.25, 0.3) is 0 Å². The van der Waals surface area contributed by atoms with Crippen LogP contribution in [0.15, 0.2) is 6.20 Å². The highest BCUT2D eigenvalue weighted by Gasteiger charge is 2.40. The first-order chi connectivity index (χ1) is 9.02. The van der Waals surface area contributed by atoms with Crippen LogP contribution >= 0.6 is 0 Å². The summed E-state index contributed by atoms with van der Waals surface area (Å²) in [5.74, 6) is -1.69. The Hall–Kier alpha value is -2.00. The first-order valence-electron chi connectivity index (χ1n) is 5.85. The molecule has 0 spiro atoms. The quantitative estimate of drug-likeness (QED) is 0.569. The molecule has 1 aromatic heterocycles. The zero-order valence-electron chi connectivity index (χ0n) is 10.1. The summed E-state index contributed by atoms with van der Waals surface area (Å²) in [6, 6.07) is -1.03. The molecular formula is C10H15N5O4. The number of likely N-dealkylation sites (tertiary alicyclic amines) is 1. The Labute approximate surface area is 108 Å². The Kier molecular flexibility index (Phi) is 3.76. The van der Waals surface area contributed by atoms with E-state index in [4.69, 9.17) is 10.8 Å². The zero-order valence-corrected chi connectivity index (χ0v) is 10.1. The molecule has 0 radical (unpaired) electrons. The molecule has 2 unspecified atom stereocenters. The fourth-order valence-electron chi connectivity index (χ4n) is 2.06. The first kappa shape index (κ1) is 13.4. The minimum atomic E-state index is -1.14. The van der Waals surface area contributed by atoms with Gasteiger partial charge in [0.25, 0.3) is 5.91 Å². The van der Waals surface area contributed by atoms with E-state index in [1.165, 1.54) is 10.9 Å². The molecule has 4 N–H and O–H groups in total. The highest BCUT2D eigenvalue weighted by molar-refractivity contribution is 5.95. The van der Waals surface area contributed by atoms with Gasteiger partial charge in [0.05, 0.1) is 18.8 Å². The van der Waals surface area contributed by atoms with Crippen molar-refractivity contribution in [3.8, 4) is 0 Å². The lowest BCUT2D eigenvalue weighted by Crippen LogP contribution is -2.40. The minimum absolute atomic E-state index is 0.0143. The fourth-order valence-corrected chi connectivity index (χ4v) is 2.06. The largest absolute Gasteiger partial charge is 0.480 e. The number of aromatic nitrogens is 3. The Bertz CT molecular complexity index is 488. The second-order valence-corrected chi connectivity index (χ2v) is 4.36. The van der Waals surface area contributed by atoms with E-state index in [-0.39, 0.29) is 18.7 Å². The maximum atomic E-state index is 12.1. The molecule has 2 rings (SSSR count). The molecule has 1 saturated heterocycles. The standard InChI is InChI=1S/C10H15N5O4/c11-1-2-14-5-7(12-13-14)9(17)15-4-6(16)3-8(15)10(18)19/h5-6,8,16H,1-4,11H2,(H,18,19). The van der Waals surface area contributed by atoms with Crippen LogP contribution in [0.4, 0.5) is 0 Å². The number of carbonyl (C=O) groups is 2. The molecule has 1 aromatic rings. The predicted molar refractivity (Wildman–Crippen MR) is 62.2 cm³/mol. The molecular weight excluding hydrogens is 254 g/mol. The maximum Gasteiger partial charge on any atom is 0.326 e. The summed E-state index contributed by atoms with van der Waals surface area (Å²) in [5.41, 5.74) is 5.40. The van der Waals surface area contributed by atoms with Gasteiger partial charge in [-0.2, -0.15) is 0 Å². The number of aliphatic hydroxyl groups is 1. The number of β-amino-alcohol motifs (C(OH)–C–C–N with tert-alkyl or cyclic N) is 1. The van der Waals surface area contributed by atoms with E-state index in [1.54, 1.807) is 0 Å². The van der Waals surface area contributed by atoms with Crippen LogP contribution in [-0.4, -0.2) is 67.2 Å². The number of amides is 1. The second-order valence-electron chi connectivity index (χ2n) is 4.36. The van der Waals surface area contributed by atoms with Gasteiger partial charge in [-0.1, -0.05) is 5.21 Å². The van der Waals surface area contributed by atoms with Crippen LogP contribution in [0.1, 0.15) is 16.9 Å². The summed E-state index contributed by atoms with van der Waals surface area (Å²) in [6.45, 7) is 0.766. The Balaban J connectivity index is 2.15. The topological polar surface area (TPSA) is 135 Å². The van der Waals surface area contributed by atoms with Gasteiger partial charge in [0.1, 0.15) is 6.04 Å². The third-order valence-corrected chi connectivity index (χ3v) is 2.94. The predicted octanol–water partition coefficient (Wildman–Crippen LogP) is -2.10. The molecule has 0 aliphatic carbocycles. The Morgan fingerprint density at radius 3 is 2.89 bits per heavy atom. The molecule has 1 aliphatic heterocycles. The maximum absolute atomic E-state index is 12.1. The number of hydrogen-bond acceptors (Lipinski definition) is 6. The Morgan fingerprint density at radius 2 is 2.26 bits per heavy atom. The van der Waals surface area contributed by atoms with Crippen molar-refractivity contribution < 1.29 is 19.8 Å². The van der Waals surface area contributed by atoms with Gasteiger partial charge in [-0.05, 0) is 0 Å². The van der Waals surface area contributed by atoms with E-state index in [9.17, 15) is 14.7 Å². The summed E-state index contributed by atoms with van der Waals surface area (Å²) in [7, 11) is 0. The summed E-state index contributed by atoms with van der Waals surface area (Å²) in [5, 5.41) is 25.9. The highest BCUT2D eigenvalue weighted by atomic mass is 16.4. The molecule has 0 bridgehead atoms. The average molecular weight is 269 g/mol. The molecule has 1 amide bonds. The number of nitrogens with zero attached hydrogens (tertiary/aromatic N) is 4. The number of carbonyl (C=O) groups excluding carboxylic acids is 1. The highest BCUT2D eigenvalue weighted by Crippen LogP contribution is 2.20. The number of carboxylic acids is 1. The third-order valence-electron chi connectivity index (χ3n) is 2.94. The van der Waals surface area contributed by atoms with Crippen molar-refractivity contribution in [1.82, 2.24) is 19.9 Å². The monoisotopic (exact) mass is 269 g/mol. The molecule has 104 valence electrons. The van der Waals surface area contributed by atoms with Crippen LogP contribution in [0.2, 0.25) is 0 Å². The third kappa shape index (κ3) is 2.71. The molecule has 1 aliphatic rings. The van der Waals surface area contributed by atoms with Gasteiger partial charge in [-0.15, -0.1) is 5.10 Å². The van der Waals surface area contributed by atoms with E-state index in [2.05, 4.69) is 10.3 Å². The minimum Gasteiger partial charge on any atom is -0.480 e. The van der Waals surface area contributed by atoms with Crippen LogP contribution in [0, 0.1) is 0 Å². The number of carboxylic acid groups (broad SMARTS) is 1. The van der Waals surface area contributed by atoms with E-state index in [1.807, 2.05) is 0 Å². The van der Waals surface area contributed by atoms with Crippen LogP contribution in [-0.2, 0) is 11.3 Å². The summed E-state index contributed by atoms with van der Waals surface area (Å²) >= 11 is 0. The number of rotatable bonds is 4. The lowest BCUT2D eigenvalue weighted by Gasteiger charge is -2.19. The average Bonchev–Trinajstić information content (AvgIpc) is 2.95. The summed E-state index contributed by atoms with van der Waals surface area (Å²) in [4.78, 5) is 24.3. The van der Waals surface area contributed by atoms with Crippen molar-refractivity contribution in [1.29, 1.82) is 0 Å². The number of aliphatic hydroxyl groups excluding tert-OH is 1. The van der Waals surface area contributed by atoms with Gasteiger partial charge in [-0.25, -0.2) is 4.79 Å². The zero-order chi connectivity index (χ0) is 14.0. The molecule has 9 heteroatoms. The lowest BCUT2D eigenvalue weighted by atomic mass is 10.2.